The van der Waals surface area contributed by atoms with Crippen LogP contribution in [-0.4, -0.2) is 22.4 Å². The average molecular weight is 261 g/mol. The maximum Gasteiger partial charge on any atom is 0.220 e. The molecule has 0 bridgehead atoms. The fourth-order valence-corrected chi connectivity index (χ4v) is 1.76. The normalized spacial score (nSPS) is 10.4. The van der Waals surface area contributed by atoms with Crippen molar-refractivity contribution in [2.45, 2.75) is 19.3 Å². The lowest BCUT2D eigenvalue weighted by Crippen LogP contribution is -2.25. The van der Waals surface area contributed by atoms with E-state index in [9.17, 15) is 9.18 Å². The molecule has 2 aromatic rings. The van der Waals surface area contributed by atoms with Crippen molar-refractivity contribution in [2.24, 2.45) is 0 Å². The van der Waals surface area contributed by atoms with Crippen LogP contribution < -0.4 is 5.32 Å². The molecule has 0 unspecified atom stereocenters. The number of halogens is 1. The molecule has 2 rings (SSSR count). The predicted molar refractivity (Wildman–Crippen MR) is 70.0 cm³/mol. The number of imidazole rings is 1. The second-order valence-corrected chi connectivity index (χ2v) is 4.30. The van der Waals surface area contributed by atoms with Gasteiger partial charge in [-0.3, -0.25) is 4.79 Å². The number of H-pyrrole nitrogens is 1. The average Bonchev–Trinajstić information content (AvgIpc) is 2.91. The van der Waals surface area contributed by atoms with Crippen LogP contribution in [0.3, 0.4) is 0 Å². The topological polar surface area (TPSA) is 57.8 Å². The Hall–Kier alpha value is -2.17. The number of nitrogens with one attached hydrogen (secondary N) is 2. The first-order valence-corrected chi connectivity index (χ1v) is 6.22. The first kappa shape index (κ1) is 13.3. The molecule has 0 fully saturated rings. The highest BCUT2D eigenvalue weighted by Gasteiger charge is 2.02. The molecule has 1 amide bonds. The van der Waals surface area contributed by atoms with Crippen LogP contribution in [0.25, 0.3) is 0 Å². The molecule has 0 aliphatic heterocycles. The molecule has 1 aromatic heterocycles. The number of carbonyl (C=O) groups excluding carboxylic acids is 1. The van der Waals surface area contributed by atoms with Crippen LogP contribution in [0.15, 0.2) is 36.8 Å². The van der Waals surface area contributed by atoms with Crippen LogP contribution in [0.2, 0.25) is 0 Å². The van der Waals surface area contributed by atoms with Crippen LogP contribution in [-0.2, 0) is 17.6 Å². The number of aromatic amines is 1. The zero-order valence-electron chi connectivity index (χ0n) is 10.5. The van der Waals surface area contributed by atoms with E-state index < -0.39 is 0 Å². The lowest BCUT2D eigenvalue weighted by Gasteiger charge is -2.04. The number of benzene rings is 1. The summed E-state index contributed by atoms with van der Waals surface area (Å²) in [6, 6.07) is 6.22. The van der Waals surface area contributed by atoms with Crippen LogP contribution in [0.5, 0.6) is 0 Å². The highest BCUT2D eigenvalue weighted by atomic mass is 19.1. The van der Waals surface area contributed by atoms with Gasteiger partial charge in [0.25, 0.3) is 0 Å². The zero-order valence-corrected chi connectivity index (χ0v) is 10.5. The molecular weight excluding hydrogens is 245 g/mol. The SMILES string of the molecule is O=C(CCc1ccc(F)cc1)NCCc1cnc[nH]1. The van der Waals surface area contributed by atoms with Gasteiger partial charge in [0.2, 0.25) is 5.91 Å². The van der Waals surface area contributed by atoms with E-state index in [2.05, 4.69) is 15.3 Å². The van der Waals surface area contributed by atoms with Gasteiger partial charge in [0.05, 0.1) is 6.33 Å². The molecule has 0 saturated carbocycles. The van der Waals surface area contributed by atoms with Crippen LogP contribution in [0, 0.1) is 5.82 Å². The fourth-order valence-electron chi connectivity index (χ4n) is 1.76. The first-order valence-electron chi connectivity index (χ1n) is 6.22. The first-order chi connectivity index (χ1) is 9.24. The fraction of sp³-hybridized carbons (Fsp3) is 0.286. The molecular formula is C14H16FN3O. The van der Waals surface area contributed by atoms with Crippen LogP contribution >= 0.6 is 0 Å². The van der Waals surface area contributed by atoms with E-state index >= 15 is 0 Å². The molecule has 19 heavy (non-hydrogen) atoms. The minimum Gasteiger partial charge on any atom is -0.356 e. The molecule has 1 aromatic carbocycles. The Balaban J connectivity index is 1.65. The number of amides is 1. The molecule has 5 heteroatoms. The minimum atomic E-state index is -0.257. The number of aryl methyl sites for hydroxylation is 1. The van der Waals surface area contributed by atoms with Gasteiger partial charge < -0.3 is 10.3 Å². The Morgan fingerprint density at radius 2 is 2.05 bits per heavy atom. The highest BCUT2D eigenvalue weighted by Crippen LogP contribution is 2.05. The standard InChI is InChI=1S/C14H16FN3O/c15-12-4-1-11(2-5-12)3-6-14(19)17-8-7-13-9-16-10-18-13/h1-2,4-5,9-10H,3,6-8H2,(H,16,18)(H,17,19). The summed E-state index contributed by atoms with van der Waals surface area (Å²) in [5.74, 6) is -0.253. The zero-order chi connectivity index (χ0) is 13.5. The molecule has 0 saturated heterocycles. The van der Waals surface area contributed by atoms with E-state index in [1.807, 2.05) is 0 Å². The molecule has 0 aliphatic rings. The van der Waals surface area contributed by atoms with Gasteiger partial charge in [-0.25, -0.2) is 9.37 Å². The minimum absolute atomic E-state index is 0.00356. The van der Waals surface area contributed by atoms with Gasteiger partial charge in [-0.2, -0.15) is 0 Å². The van der Waals surface area contributed by atoms with E-state index in [0.717, 1.165) is 17.7 Å². The van der Waals surface area contributed by atoms with Crippen molar-refractivity contribution >= 4 is 5.91 Å². The summed E-state index contributed by atoms with van der Waals surface area (Å²) < 4.78 is 12.7. The quantitative estimate of drug-likeness (QED) is 0.833. The van der Waals surface area contributed by atoms with Gasteiger partial charge in [-0.15, -0.1) is 0 Å². The van der Waals surface area contributed by atoms with Crippen LogP contribution in [0.4, 0.5) is 4.39 Å². The Bertz CT molecular complexity index is 508. The maximum absolute atomic E-state index is 12.7. The third kappa shape index (κ3) is 4.54. The van der Waals surface area contributed by atoms with E-state index in [1.165, 1.54) is 12.1 Å². The molecule has 4 nitrogen and oxygen atoms in total. The van der Waals surface area contributed by atoms with Gasteiger partial charge in [0.15, 0.2) is 0 Å². The van der Waals surface area contributed by atoms with Crippen molar-refractivity contribution in [2.75, 3.05) is 6.54 Å². The second-order valence-electron chi connectivity index (χ2n) is 4.30. The van der Waals surface area contributed by atoms with Crippen molar-refractivity contribution in [3.8, 4) is 0 Å². The summed E-state index contributed by atoms with van der Waals surface area (Å²) in [7, 11) is 0. The Morgan fingerprint density at radius 3 is 2.74 bits per heavy atom. The van der Waals surface area contributed by atoms with E-state index in [-0.39, 0.29) is 11.7 Å². The summed E-state index contributed by atoms with van der Waals surface area (Å²) >= 11 is 0. The van der Waals surface area contributed by atoms with E-state index in [4.69, 9.17) is 0 Å². The van der Waals surface area contributed by atoms with Crippen molar-refractivity contribution in [3.05, 3.63) is 53.9 Å². The third-order valence-corrected chi connectivity index (χ3v) is 2.83. The highest BCUT2D eigenvalue weighted by molar-refractivity contribution is 5.76. The smallest absolute Gasteiger partial charge is 0.220 e. The Kier molecular flexibility index (Phi) is 4.66. The molecule has 0 radical (unpaired) electrons. The summed E-state index contributed by atoms with van der Waals surface area (Å²) in [5.41, 5.74) is 1.96. The molecule has 0 aliphatic carbocycles. The van der Waals surface area contributed by atoms with Crippen molar-refractivity contribution < 1.29 is 9.18 Å². The largest absolute Gasteiger partial charge is 0.356 e. The number of nitrogens with zero attached hydrogens (tertiary/aromatic N) is 1. The van der Waals surface area contributed by atoms with Gasteiger partial charge in [0.1, 0.15) is 5.82 Å². The van der Waals surface area contributed by atoms with E-state index in [0.29, 0.717) is 19.4 Å². The summed E-state index contributed by atoms with van der Waals surface area (Å²) in [6.07, 6.45) is 5.13. The third-order valence-electron chi connectivity index (χ3n) is 2.83. The monoisotopic (exact) mass is 261 g/mol. The summed E-state index contributed by atoms with van der Waals surface area (Å²) in [4.78, 5) is 18.5. The van der Waals surface area contributed by atoms with Gasteiger partial charge in [-0.1, -0.05) is 12.1 Å². The number of hydrogen-bond acceptors (Lipinski definition) is 2. The van der Waals surface area contributed by atoms with Gasteiger partial charge in [-0.05, 0) is 24.1 Å². The Labute approximate surface area is 111 Å². The summed E-state index contributed by atoms with van der Waals surface area (Å²) in [5, 5.41) is 2.84. The number of carbonyl (C=O) groups is 1. The predicted octanol–water partition coefficient (Wildman–Crippen LogP) is 1.84. The lowest BCUT2D eigenvalue weighted by molar-refractivity contribution is -0.121. The lowest BCUT2D eigenvalue weighted by atomic mass is 10.1. The molecule has 1 heterocycles. The van der Waals surface area contributed by atoms with Crippen LogP contribution in [0.1, 0.15) is 17.7 Å². The molecule has 0 atom stereocenters. The van der Waals surface area contributed by atoms with Gasteiger partial charge >= 0.3 is 0 Å². The van der Waals surface area contributed by atoms with Crippen molar-refractivity contribution in [1.82, 2.24) is 15.3 Å². The number of aromatic nitrogens is 2. The van der Waals surface area contributed by atoms with E-state index in [1.54, 1.807) is 24.7 Å². The van der Waals surface area contributed by atoms with Crippen molar-refractivity contribution in [1.29, 1.82) is 0 Å². The molecule has 2 N–H and O–H groups in total. The number of hydrogen-bond donors (Lipinski definition) is 2. The maximum atomic E-state index is 12.7. The van der Waals surface area contributed by atoms with Gasteiger partial charge in [0, 0.05) is 31.3 Å². The molecule has 0 spiro atoms. The van der Waals surface area contributed by atoms with Crippen molar-refractivity contribution in [3.63, 3.8) is 0 Å². The Morgan fingerprint density at radius 1 is 1.26 bits per heavy atom. The number of rotatable bonds is 6. The second kappa shape index (κ2) is 6.68. The molecule has 100 valence electrons. The summed E-state index contributed by atoms with van der Waals surface area (Å²) in [6.45, 7) is 0.588.